The Morgan fingerprint density at radius 2 is 1.83 bits per heavy atom. The summed E-state index contributed by atoms with van der Waals surface area (Å²) in [6, 6.07) is 11.0. The topological polar surface area (TPSA) is 59.2 Å². The molecule has 3 aromatic heterocycles. The fourth-order valence-corrected chi connectivity index (χ4v) is 4.19. The van der Waals surface area contributed by atoms with Crippen LogP contribution in [-0.2, 0) is 0 Å². The molecule has 1 saturated heterocycles. The Bertz CT molecular complexity index is 1180. The number of imidazole rings is 1. The Morgan fingerprint density at radius 3 is 2.67 bits per heavy atom. The van der Waals surface area contributed by atoms with Crippen LogP contribution in [0.15, 0.2) is 55.0 Å². The summed E-state index contributed by atoms with van der Waals surface area (Å²) in [4.78, 5) is 14.8. The number of halogens is 2. The van der Waals surface area contributed by atoms with Crippen LogP contribution < -0.4 is 4.90 Å². The van der Waals surface area contributed by atoms with E-state index in [1.165, 1.54) is 6.07 Å². The lowest BCUT2D eigenvalue weighted by atomic mass is 9.92. The molecule has 6 nitrogen and oxygen atoms in total. The maximum absolute atomic E-state index is 13.6. The van der Waals surface area contributed by atoms with Gasteiger partial charge in [0, 0.05) is 31.0 Å². The highest BCUT2D eigenvalue weighted by atomic mass is 35.5. The molecule has 1 unspecified atom stereocenters. The number of fused-ring (bicyclic) bond motifs is 1. The fraction of sp³-hybridized carbons (Fsp3) is 0.273. The van der Waals surface area contributed by atoms with Crippen molar-refractivity contribution in [2.45, 2.75) is 25.2 Å². The predicted octanol–water partition coefficient (Wildman–Crippen LogP) is 4.75. The maximum atomic E-state index is 13.6. The Balaban J connectivity index is 1.41. The van der Waals surface area contributed by atoms with Crippen molar-refractivity contribution < 1.29 is 4.39 Å². The van der Waals surface area contributed by atoms with E-state index in [-0.39, 0.29) is 11.1 Å². The lowest BCUT2D eigenvalue weighted by Gasteiger charge is -2.22. The van der Waals surface area contributed by atoms with E-state index in [4.69, 9.17) is 16.7 Å². The third-order valence-electron chi connectivity index (χ3n) is 5.64. The zero-order valence-corrected chi connectivity index (χ0v) is 17.0. The van der Waals surface area contributed by atoms with Crippen molar-refractivity contribution in [1.29, 1.82) is 0 Å². The van der Waals surface area contributed by atoms with Gasteiger partial charge in [0.15, 0.2) is 5.65 Å². The van der Waals surface area contributed by atoms with Crippen molar-refractivity contribution in [2.75, 3.05) is 18.0 Å². The average Bonchev–Trinajstić information content (AvgIpc) is 3.02. The first-order valence-electron chi connectivity index (χ1n) is 10.0. The van der Waals surface area contributed by atoms with E-state index in [9.17, 15) is 4.39 Å². The van der Waals surface area contributed by atoms with Crippen molar-refractivity contribution in [3.05, 3.63) is 71.7 Å². The molecule has 0 aliphatic carbocycles. The van der Waals surface area contributed by atoms with Gasteiger partial charge in [-0.1, -0.05) is 12.1 Å². The van der Waals surface area contributed by atoms with Gasteiger partial charge in [0.25, 0.3) is 0 Å². The first-order valence-corrected chi connectivity index (χ1v) is 10.4. The molecule has 0 amide bonds. The number of rotatable bonds is 3. The van der Waals surface area contributed by atoms with Gasteiger partial charge < -0.3 is 4.90 Å². The van der Waals surface area contributed by atoms with E-state index < -0.39 is 0 Å². The summed E-state index contributed by atoms with van der Waals surface area (Å²) < 4.78 is 15.5. The van der Waals surface area contributed by atoms with E-state index in [1.54, 1.807) is 30.7 Å². The number of hydrogen-bond donors (Lipinski definition) is 0. The summed E-state index contributed by atoms with van der Waals surface area (Å²) in [6.45, 7) is 1.78. The second-order valence-electron chi connectivity index (χ2n) is 7.52. The van der Waals surface area contributed by atoms with Crippen LogP contribution in [-0.4, -0.2) is 37.7 Å². The summed E-state index contributed by atoms with van der Waals surface area (Å²) in [5.74, 6) is 1.10. The Labute approximate surface area is 178 Å². The Kier molecular flexibility index (Phi) is 5.04. The van der Waals surface area contributed by atoms with Crippen LogP contribution in [0.3, 0.4) is 0 Å². The largest absolute Gasteiger partial charge is 0.355 e. The molecule has 30 heavy (non-hydrogen) atoms. The summed E-state index contributed by atoms with van der Waals surface area (Å²) in [5.41, 5.74) is 3.46. The minimum atomic E-state index is -0.167. The highest BCUT2D eigenvalue weighted by Crippen LogP contribution is 2.30. The zero-order valence-electron chi connectivity index (χ0n) is 16.2. The van der Waals surface area contributed by atoms with Crippen LogP contribution in [0.2, 0.25) is 5.28 Å². The second kappa shape index (κ2) is 7.99. The van der Waals surface area contributed by atoms with Gasteiger partial charge in [-0.3, -0.25) is 0 Å². The van der Waals surface area contributed by atoms with Crippen molar-refractivity contribution in [3.8, 4) is 11.3 Å². The van der Waals surface area contributed by atoms with Crippen molar-refractivity contribution in [3.63, 3.8) is 0 Å². The molecule has 0 radical (unpaired) electrons. The van der Waals surface area contributed by atoms with Gasteiger partial charge in [0.05, 0.1) is 11.9 Å². The van der Waals surface area contributed by atoms with Gasteiger partial charge >= 0.3 is 0 Å². The smallest absolute Gasteiger partial charge is 0.222 e. The zero-order chi connectivity index (χ0) is 20.5. The van der Waals surface area contributed by atoms with Gasteiger partial charge in [-0.25, -0.2) is 23.9 Å². The molecule has 1 atom stereocenters. The lowest BCUT2D eigenvalue weighted by molar-refractivity contribution is 0.591. The maximum Gasteiger partial charge on any atom is 0.222 e. The average molecular weight is 423 g/mol. The van der Waals surface area contributed by atoms with Crippen LogP contribution >= 0.6 is 11.6 Å². The van der Waals surface area contributed by atoms with Gasteiger partial charge in [-0.15, -0.1) is 5.10 Å². The summed E-state index contributed by atoms with van der Waals surface area (Å²) in [5, 5.41) is 5.05. The molecular weight excluding hydrogens is 403 g/mol. The molecule has 8 heteroatoms. The summed E-state index contributed by atoms with van der Waals surface area (Å²) in [6.07, 6.45) is 8.14. The first-order chi connectivity index (χ1) is 14.7. The van der Waals surface area contributed by atoms with E-state index >= 15 is 0 Å². The number of hydrogen-bond acceptors (Lipinski definition) is 5. The first kappa shape index (κ1) is 18.9. The van der Waals surface area contributed by atoms with Crippen LogP contribution in [0.4, 0.5) is 10.2 Å². The molecule has 0 saturated carbocycles. The fourth-order valence-electron chi connectivity index (χ4n) is 4.09. The third kappa shape index (κ3) is 3.73. The highest BCUT2D eigenvalue weighted by molar-refractivity contribution is 6.28. The van der Waals surface area contributed by atoms with E-state index in [1.807, 2.05) is 22.7 Å². The van der Waals surface area contributed by atoms with Gasteiger partial charge in [-0.2, -0.15) is 0 Å². The SMILES string of the molecule is Fc1cccc(C2CCCN(c3ccc4ncc(-c5cnc(Cl)nc5)n4n3)CC2)c1. The molecule has 0 N–H and O–H groups in total. The minimum Gasteiger partial charge on any atom is -0.355 e. The van der Waals surface area contributed by atoms with Crippen LogP contribution in [0.5, 0.6) is 0 Å². The quantitative estimate of drug-likeness (QED) is 0.446. The van der Waals surface area contributed by atoms with Crippen molar-refractivity contribution in [1.82, 2.24) is 24.6 Å². The monoisotopic (exact) mass is 422 g/mol. The number of anilines is 1. The normalized spacial score (nSPS) is 17.3. The molecule has 1 aromatic carbocycles. The molecule has 4 heterocycles. The molecule has 1 aliphatic heterocycles. The number of nitrogens with zero attached hydrogens (tertiary/aromatic N) is 6. The Morgan fingerprint density at radius 1 is 0.967 bits per heavy atom. The second-order valence-corrected chi connectivity index (χ2v) is 7.85. The van der Waals surface area contributed by atoms with E-state index in [0.717, 1.165) is 60.6 Å². The minimum absolute atomic E-state index is 0.167. The van der Waals surface area contributed by atoms with Crippen LogP contribution in [0.25, 0.3) is 16.9 Å². The van der Waals surface area contributed by atoms with Crippen LogP contribution in [0, 0.1) is 5.82 Å². The molecule has 0 bridgehead atoms. The number of benzene rings is 1. The lowest BCUT2D eigenvalue weighted by Crippen LogP contribution is -2.25. The van der Waals surface area contributed by atoms with Crippen LogP contribution in [0.1, 0.15) is 30.7 Å². The highest BCUT2D eigenvalue weighted by Gasteiger charge is 2.20. The van der Waals surface area contributed by atoms with E-state index in [0.29, 0.717) is 5.92 Å². The van der Waals surface area contributed by atoms with Gasteiger partial charge in [0.2, 0.25) is 5.28 Å². The van der Waals surface area contributed by atoms with E-state index in [2.05, 4.69) is 19.9 Å². The van der Waals surface area contributed by atoms with Crippen molar-refractivity contribution in [2.24, 2.45) is 0 Å². The van der Waals surface area contributed by atoms with Crippen molar-refractivity contribution >= 4 is 23.1 Å². The Hall–Kier alpha value is -3.06. The molecule has 1 fully saturated rings. The number of aromatic nitrogens is 5. The molecule has 4 aromatic rings. The summed E-state index contributed by atoms with van der Waals surface area (Å²) in [7, 11) is 0. The molecule has 152 valence electrons. The molecular formula is C22H20ClFN6. The predicted molar refractivity (Wildman–Crippen MR) is 114 cm³/mol. The van der Waals surface area contributed by atoms with Gasteiger partial charge in [0.1, 0.15) is 11.6 Å². The molecule has 0 spiro atoms. The summed E-state index contributed by atoms with van der Waals surface area (Å²) >= 11 is 5.81. The molecule has 5 rings (SSSR count). The molecule has 1 aliphatic rings. The standard InChI is InChI=1S/C22H20ClFN6/c23-22-26-12-17(13-27-22)19-14-25-20-6-7-21(28-30(19)20)29-9-2-4-15(8-10-29)16-3-1-5-18(24)11-16/h1,3,5-7,11-15H,2,4,8-10H2. The third-order valence-corrected chi connectivity index (χ3v) is 5.83. The van der Waals surface area contributed by atoms with Gasteiger partial charge in [-0.05, 0) is 66.6 Å².